The smallest absolute Gasteiger partial charge is 0.270 e. The summed E-state index contributed by atoms with van der Waals surface area (Å²) in [6, 6.07) is 29.3. The second kappa shape index (κ2) is 11.7. The van der Waals surface area contributed by atoms with E-state index in [2.05, 4.69) is 18.2 Å². The van der Waals surface area contributed by atoms with E-state index in [0.29, 0.717) is 13.5 Å². The molecule has 1 aliphatic carbocycles. The Morgan fingerprint density at radius 3 is 2.00 bits per heavy atom. The van der Waals surface area contributed by atoms with Crippen LogP contribution in [-0.4, -0.2) is 25.7 Å². The van der Waals surface area contributed by atoms with Crippen molar-refractivity contribution in [3.8, 4) is 0 Å². The van der Waals surface area contributed by atoms with Gasteiger partial charge in [-0.2, -0.15) is 0 Å². The molecule has 2 fully saturated rings. The number of allylic oxidation sites excluding steroid dienone is 4. The molecule has 2 saturated heterocycles. The van der Waals surface area contributed by atoms with Crippen LogP contribution < -0.4 is 9.80 Å². The summed E-state index contributed by atoms with van der Waals surface area (Å²) in [7, 11) is 0. The van der Waals surface area contributed by atoms with Crippen LogP contribution in [0.2, 0.25) is 0 Å². The van der Waals surface area contributed by atoms with Gasteiger partial charge in [-0.3, -0.25) is 19.4 Å². The Labute approximate surface area is 252 Å². The summed E-state index contributed by atoms with van der Waals surface area (Å²) < 4.78 is 1.09. The Bertz CT molecular complexity index is 1600. The zero-order chi connectivity index (χ0) is 27.6. The molecular formula is C32H24N2O2S4. The fraction of sp³-hybridized carbons (Fsp3) is 0.125. The second-order valence-electron chi connectivity index (χ2n) is 9.48. The van der Waals surface area contributed by atoms with Crippen molar-refractivity contribution >= 4 is 85.4 Å². The molecule has 40 heavy (non-hydrogen) atoms. The van der Waals surface area contributed by atoms with Crippen molar-refractivity contribution in [1.29, 1.82) is 0 Å². The lowest BCUT2D eigenvalue weighted by atomic mass is 9.82. The molecular weight excluding hydrogens is 573 g/mol. The largest absolute Gasteiger partial charge is 0.272 e. The molecule has 6 rings (SSSR count). The van der Waals surface area contributed by atoms with E-state index in [1.54, 1.807) is 9.80 Å². The van der Waals surface area contributed by atoms with Gasteiger partial charge in [-0.1, -0.05) is 121 Å². The van der Waals surface area contributed by atoms with E-state index in [1.807, 2.05) is 84.9 Å². The quantitative estimate of drug-likeness (QED) is 0.220. The standard InChI is InChI=1S/C32H24N2O2S4/c35-29-26(39-31(37)33(29)24-15-6-2-7-16-24)19-22-13-10-14-23(28(22)21-11-4-1-5-12-21)20-27-30(36)34(32(38)40-27)25-17-8-3-9-18-25/h1-9,11-12,15-20,26H,10,13-14H2/b22-19+,27-20-. The number of rotatable bonds is 5. The summed E-state index contributed by atoms with van der Waals surface area (Å²) >= 11 is 14.0. The molecule has 198 valence electrons. The van der Waals surface area contributed by atoms with Gasteiger partial charge in [0.15, 0.2) is 4.32 Å². The molecule has 0 N–H and O–H groups in total. The highest BCUT2D eigenvalue weighted by molar-refractivity contribution is 8.27. The van der Waals surface area contributed by atoms with E-state index in [0.717, 1.165) is 52.9 Å². The topological polar surface area (TPSA) is 40.6 Å². The van der Waals surface area contributed by atoms with Crippen molar-refractivity contribution in [3.05, 3.63) is 125 Å². The fourth-order valence-corrected chi connectivity index (χ4v) is 7.93. The zero-order valence-electron chi connectivity index (χ0n) is 21.4. The summed E-state index contributed by atoms with van der Waals surface area (Å²) in [5.41, 5.74) is 5.88. The summed E-state index contributed by atoms with van der Waals surface area (Å²) in [6.45, 7) is 0. The molecule has 2 aliphatic heterocycles. The number of carbonyl (C=O) groups excluding carboxylic acids is 2. The molecule has 8 heteroatoms. The fourth-order valence-electron chi connectivity index (χ4n) is 5.16. The number of hydrogen-bond acceptors (Lipinski definition) is 6. The van der Waals surface area contributed by atoms with Gasteiger partial charge in [0.2, 0.25) is 5.91 Å². The Morgan fingerprint density at radius 2 is 1.35 bits per heavy atom. The van der Waals surface area contributed by atoms with Crippen LogP contribution in [0.25, 0.3) is 5.57 Å². The summed E-state index contributed by atoms with van der Waals surface area (Å²) in [5, 5.41) is -0.406. The maximum Gasteiger partial charge on any atom is 0.270 e. The number of amides is 2. The second-order valence-corrected chi connectivity index (χ2v) is 12.9. The van der Waals surface area contributed by atoms with Crippen molar-refractivity contribution in [3.63, 3.8) is 0 Å². The van der Waals surface area contributed by atoms with Crippen LogP contribution in [0.5, 0.6) is 0 Å². The van der Waals surface area contributed by atoms with Gasteiger partial charge in [0.25, 0.3) is 5.91 Å². The number of para-hydroxylation sites is 2. The number of anilines is 2. The number of carbonyl (C=O) groups is 2. The Balaban J connectivity index is 1.39. The first-order chi connectivity index (χ1) is 19.5. The molecule has 0 radical (unpaired) electrons. The normalized spacial score (nSPS) is 21.9. The minimum absolute atomic E-state index is 0.0306. The van der Waals surface area contributed by atoms with E-state index in [-0.39, 0.29) is 11.8 Å². The van der Waals surface area contributed by atoms with Crippen molar-refractivity contribution in [2.75, 3.05) is 9.80 Å². The van der Waals surface area contributed by atoms with Gasteiger partial charge in [0.05, 0.1) is 16.3 Å². The van der Waals surface area contributed by atoms with Crippen molar-refractivity contribution < 1.29 is 9.59 Å². The average Bonchev–Trinajstić information content (AvgIpc) is 3.42. The third kappa shape index (κ3) is 5.24. The number of thiocarbonyl (C=S) groups is 2. The minimum atomic E-state index is -0.406. The van der Waals surface area contributed by atoms with Crippen molar-refractivity contribution in [1.82, 2.24) is 0 Å². The predicted octanol–water partition coefficient (Wildman–Crippen LogP) is 7.93. The molecule has 3 aromatic carbocycles. The Kier molecular flexibility index (Phi) is 7.85. The van der Waals surface area contributed by atoms with Crippen LogP contribution in [0.15, 0.2) is 119 Å². The van der Waals surface area contributed by atoms with Gasteiger partial charge in [-0.15, -0.1) is 0 Å². The van der Waals surface area contributed by atoms with E-state index in [1.165, 1.54) is 23.5 Å². The molecule has 0 bridgehead atoms. The van der Waals surface area contributed by atoms with E-state index in [9.17, 15) is 9.59 Å². The van der Waals surface area contributed by atoms with Crippen LogP contribution >= 0.6 is 48.0 Å². The van der Waals surface area contributed by atoms with Gasteiger partial charge < -0.3 is 0 Å². The van der Waals surface area contributed by atoms with Crippen molar-refractivity contribution in [2.45, 2.75) is 24.5 Å². The maximum absolute atomic E-state index is 13.5. The van der Waals surface area contributed by atoms with Gasteiger partial charge in [-0.05, 0) is 71.9 Å². The molecule has 0 spiro atoms. The molecule has 2 amide bonds. The lowest BCUT2D eigenvalue weighted by molar-refractivity contribution is -0.116. The van der Waals surface area contributed by atoms with Crippen LogP contribution in [0.1, 0.15) is 24.8 Å². The summed E-state index contributed by atoms with van der Waals surface area (Å²) in [5.74, 6) is -0.139. The third-order valence-electron chi connectivity index (χ3n) is 6.95. The van der Waals surface area contributed by atoms with Crippen molar-refractivity contribution in [2.24, 2.45) is 0 Å². The predicted molar refractivity (Wildman–Crippen MR) is 175 cm³/mol. The first-order valence-corrected chi connectivity index (χ1v) is 15.4. The Hall–Kier alpha value is -3.30. The highest BCUT2D eigenvalue weighted by Crippen LogP contribution is 2.43. The van der Waals surface area contributed by atoms with Crippen LogP contribution in [0.4, 0.5) is 11.4 Å². The summed E-state index contributed by atoms with van der Waals surface area (Å²) in [4.78, 5) is 30.9. The van der Waals surface area contributed by atoms with Crippen LogP contribution in [0.3, 0.4) is 0 Å². The number of benzene rings is 3. The lowest BCUT2D eigenvalue weighted by Crippen LogP contribution is -2.30. The number of hydrogen-bond donors (Lipinski definition) is 0. The first kappa shape index (κ1) is 26.9. The molecule has 2 heterocycles. The zero-order valence-corrected chi connectivity index (χ0v) is 24.6. The van der Waals surface area contributed by atoms with Gasteiger partial charge in [0.1, 0.15) is 9.57 Å². The lowest BCUT2D eigenvalue weighted by Gasteiger charge is -2.23. The van der Waals surface area contributed by atoms with E-state index >= 15 is 0 Å². The third-order valence-corrected chi connectivity index (χ3v) is 9.70. The minimum Gasteiger partial charge on any atom is -0.272 e. The maximum atomic E-state index is 13.5. The highest BCUT2D eigenvalue weighted by Gasteiger charge is 2.38. The molecule has 0 aromatic heterocycles. The summed E-state index contributed by atoms with van der Waals surface area (Å²) in [6.07, 6.45) is 6.67. The molecule has 3 aromatic rings. The highest BCUT2D eigenvalue weighted by atomic mass is 32.2. The molecule has 1 atom stereocenters. The van der Waals surface area contributed by atoms with Gasteiger partial charge in [0, 0.05) is 0 Å². The van der Waals surface area contributed by atoms with E-state index < -0.39 is 5.25 Å². The SMILES string of the molecule is O=C1/C(=C/C2=C(c3ccccc3)C(=C/C3SC(=S)N(c4ccccc4)C3=O)/CCC2)SC(=S)N1c1ccccc1. The molecule has 3 aliphatic rings. The monoisotopic (exact) mass is 596 g/mol. The van der Waals surface area contributed by atoms with E-state index in [4.69, 9.17) is 24.4 Å². The average molecular weight is 597 g/mol. The Morgan fingerprint density at radius 1 is 0.750 bits per heavy atom. The van der Waals surface area contributed by atoms with Gasteiger partial charge >= 0.3 is 0 Å². The van der Waals surface area contributed by atoms with Crippen LogP contribution in [-0.2, 0) is 9.59 Å². The number of thioether (sulfide) groups is 2. The van der Waals surface area contributed by atoms with Gasteiger partial charge in [-0.25, -0.2) is 0 Å². The number of nitrogens with zero attached hydrogens (tertiary/aromatic N) is 2. The first-order valence-electron chi connectivity index (χ1n) is 12.9. The molecule has 1 unspecified atom stereocenters. The van der Waals surface area contributed by atoms with Crippen LogP contribution in [0, 0.1) is 0 Å². The molecule has 4 nitrogen and oxygen atoms in total. The molecule has 0 saturated carbocycles.